The minimum Gasteiger partial charge on any atom is -0.358 e. The molecular weight excluding hydrogens is 409 g/mol. The molecule has 0 saturated heterocycles. The normalized spacial score (nSPS) is 14.7. The van der Waals surface area contributed by atoms with Crippen molar-refractivity contribution in [2.75, 3.05) is 5.32 Å². The molecule has 9 heteroatoms. The molecule has 1 atom stereocenters. The van der Waals surface area contributed by atoms with E-state index < -0.39 is 11.4 Å². The quantitative estimate of drug-likeness (QED) is 0.443. The fourth-order valence-corrected chi connectivity index (χ4v) is 4.09. The van der Waals surface area contributed by atoms with Crippen molar-refractivity contribution in [3.05, 3.63) is 83.2 Å². The lowest BCUT2D eigenvalue weighted by Gasteiger charge is -2.23. The Hall–Kier alpha value is -4.14. The van der Waals surface area contributed by atoms with Crippen LogP contribution >= 0.6 is 0 Å². The SMILES string of the molecule is O=c1c2c(F)cccc2nc([C@@H](Nc2ncnc3nc[nH]c23)C2CC2)n1-c1ccccc1. The summed E-state index contributed by atoms with van der Waals surface area (Å²) in [6.45, 7) is 0. The molecule has 2 aromatic carbocycles. The summed E-state index contributed by atoms with van der Waals surface area (Å²) >= 11 is 0. The Labute approximate surface area is 181 Å². The Kier molecular flexibility index (Phi) is 4.20. The second kappa shape index (κ2) is 7.23. The zero-order valence-electron chi connectivity index (χ0n) is 16.9. The Balaban J connectivity index is 1.59. The number of nitrogens with zero attached hydrogens (tertiary/aromatic N) is 5. The first-order chi connectivity index (χ1) is 15.7. The van der Waals surface area contributed by atoms with E-state index in [1.807, 2.05) is 30.3 Å². The van der Waals surface area contributed by atoms with Crippen LogP contribution in [0.25, 0.3) is 27.8 Å². The van der Waals surface area contributed by atoms with E-state index in [4.69, 9.17) is 4.98 Å². The monoisotopic (exact) mass is 427 g/mol. The van der Waals surface area contributed by atoms with E-state index in [-0.39, 0.29) is 17.3 Å². The molecule has 0 radical (unpaired) electrons. The average molecular weight is 427 g/mol. The molecule has 3 heterocycles. The van der Waals surface area contributed by atoms with Gasteiger partial charge >= 0.3 is 0 Å². The number of hydrogen-bond donors (Lipinski definition) is 2. The highest BCUT2D eigenvalue weighted by Gasteiger charge is 2.37. The number of rotatable bonds is 5. The highest BCUT2D eigenvalue weighted by Crippen LogP contribution is 2.43. The molecule has 6 rings (SSSR count). The summed E-state index contributed by atoms with van der Waals surface area (Å²) in [7, 11) is 0. The number of hydrogen-bond acceptors (Lipinski definition) is 6. The van der Waals surface area contributed by atoms with Gasteiger partial charge < -0.3 is 10.3 Å². The summed E-state index contributed by atoms with van der Waals surface area (Å²) in [6.07, 6.45) is 4.98. The summed E-state index contributed by atoms with van der Waals surface area (Å²) in [5.74, 6) is 0.781. The molecule has 1 aliphatic rings. The van der Waals surface area contributed by atoms with Gasteiger partial charge in [0.15, 0.2) is 11.5 Å². The van der Waals surface area contributed by atoms with E-state index in [9.17, 15) is 9.18 Å². The van der Waals surface area contributed by atoms with Gasteiger partial charge in [0, 0.05) is 0 Å². The van der Waals surface area contributed by atoms with Crippen LogP contribution in [0.5, 0.6) is 0 Å². The Morgan fingerprint density at radius 3 is 2.72 bits per heavy atom. The predicted octanol–water partition coefficient (Wildman–Crippen LogP) is 3.75. The van der Waals surface area contributed by atoms with Gasteiger partial charge in [-0.2, -0.15) is 0 Å². The van der Waals surface area contributed by atoms with E-state index in [0.29, 0.717) is 34.0 Å². The minimum absolute atomic E-state index is 0.0207. The minimum atomic E-state index is -0.581. The van der Waals surface area contributed by atoms with E-state index >= 15 is 0 Å². The summed E-state index contributed by atoms with van der Waals surface area (Å²) < 4.78 is 16.1. The van der Waals surface area contributed by atoms with E-state index in [1.165, 1.54) is 17.0 Å². The third-order valence-electron chi connectivity index (χ3n) is 5.77. The molecular formula is C23H18FN7O. The number of halogens is 1. The Morgan fingerprint density at radius 1 is 1.06 bits per heavy atom. The Bertz CT molecular complexity index is 1510. The molecule has 0 aliphatic heterocycles. The first kappa shape index (κ1) is 18.6. The van der Waals surface area contributed by atoms with Crippen molar-refractivity contribution in [1.82, 2.24) is 29.5 Å². The van der Waals surface area contributed by atoms with Crippen LogP contribution in [0.3, 0.4) is 0 Å². The van der Waals surface area contributed by atoms with Crippen molar-refractivity contribution in [1.29, 1.82) is 0 Å². The number of benzene rings is 2. The maximum atomic E-state index is 14.6. The van der Waals surface area contributed by atoms with Gasteiger partial charge in [0.25, 0.3) is 5.56 Å². The number of imidazole rings is 1. The number of aromatic amines is 1. The van der Waals surface area contributed by atoms with Gasteiger partial charge in [-0.1, -0.05) is 24.3 Å². The van der Waals surface area contributed by atoms with E-state index in [2.05, 4.69) is 25.3 Å². The smallest absolute Gasteiger partial charge is 0.269 e. The second-order valence-corrected chi connectivity index (χ2v) is 7.86. The topological polar surface area (TPSA) is 101 Å². The summed E-state index contributed by atoms with van der Waals surface area (Å²) in [5.41, 5.74) is 1.76. The molecule has 0 amide bonds. The third-order valence-corrected chi connectivity index (χ3v) is 5.77. The molecule has 1 aliphatic carbocycles. The number of para-hydroxylation sites is 1. The van der Waals surface area contributed by atoms with Gasteiger partial charge in [-0.05, 0) is 43.0 Å². The molecule has 158 valence electrons. The lowest BCUT2D eigenvalue weighted by molar-refractivity contribution is 0.604. The molecule has 0 spiro atoms. The van der Waals surface area contributed by atoms with Gasteiger partial charge in [-0.15, -0.1) is 0 Å². The van der Waals surface area contributed by atoms with Crippen LogP contribution < -0.4 is 10.9 Å². The number of aromatic nitrogens is 6. The molecule has 0 unspecified atom stereocenters. The standard InChI is InChI=1S/C23H18FN7O/c24-15-7-4-8-16-17(15)23(32)31(14-5-2-1-3-6-14)22(29-16)18(13-9-10-13)30-21-19-20(26-11-25-19)27-12-28-21/h1-8,11-13,18H,9-10H2,(H2,25,26,27,28,30)/t18-/m0/s1. The Morgan fingerprint density at radius 2 is 1.91 bits per heavy atom. The van der Waals surface area contributed by atoms with Crippen LogP contribution in [-0.2, 0) is 0 Å². The van der Waals surface area contributed by atoms with Crippen LogP contribution in [0.2, 0.25) is 0 Å². The van der Waals surface area contributed by atoms with Crippen LogP contribution in [0.15, 0.2) is 66.0 Å². The van der Waals surface area contributed by atoms with Crippen molar-refractivity contribution < 1.29 is 4.39 Å². The molecule has 8 nitrogen and oxygen atoms in total. The molecule has 3 aromatic heterocycles. The molecule has 2 N–H and O–H groups in total. The third kappa shape index (κ3) is 3.01. The van der Waals surface area contributed by atoms with Crippen LogP contribution in [0, 0.1) is 11.7 Å². The van der Waals surface area contributed by atoms with Gasteiger partial charge in [-0.25, -0.2) is 24.3 Å². The summed E-state index contributed by atoms with van der Waals surface area (Å²) in [6, 6.07) is 13.4. The predicted molar refractivity (Wildman–Crippen MR) is 118 cm³/mol. The molecule has 1 fully saturated rings. The second-order valence-electron chi connectivity index (χ2n) is 7.86. The first-order valence-corrected chi connectivity index (χ1v) is 10.4. The van der Waals surface area contributed by atoms with Gasteiger partial charge in [0.05, 0.1) is 23.6 Å². The van der Waals surface area contributed by atoms with E-state index in [0.717, 1.165) is 12.8 Å². The number of fused-ring (bicyclic) bond motifs is 2. The fraction of sp³-hybridized carbons (Fsp3) is 0.174. The lowest BCUT2D eigenvalue weighted by Crippen LogP contribution is -2.29. The maximum Gasteiger partial charge on any atom is 0.269 e. The van der Waals surface area contributed by atoms with Crippen LogP contribution in [0.1, 0.15) is 24.7 Å². The van der Waals surface area contributed by atoms with Crippen LogP contribution in [-0.4, -0.2) is 29.5 Å². The van der Waals surface area contributed by atoms with E-state index in [1.54, 1.807) is 18.5 Å². The maximum absolute atomic E-state index is 14.6. The summed E-state index contributed by atoms with van der Waals surface area (Å²) in [5, 5.41) is 3.44. The molecule has 0 bridgehead atoms. The zero-order chi connectivity index (χ0) is 21.7. The molecule has 32 heavy (non-hydrogen) atoms. The highest BCUT2D eigenvalue weighted by molar-refractivity contribution is 5.82. The van der Waals surface area contributed by atoms with Gasteiger partial charge in [0.2, 0.25) is 0 Å². The van der Waals surface area contributed by atoms with Crippen molar-refractivity contribution >= 4 is 27.9 Å². The van der Waals surface area contributed by atoms with Gasteiger partial charge in [-0.3, -0.25) is 9.36 Å². The van der Waals surface area contributed by atoms with Crippen LogP contribution in [0.4, 0.5) is 10.2 Å². The largest absolute Gasteiger partial charge is 0.358 e. The lowest BCUT2D eigenvalue weighted by atomic mass is 10.1. The number of H-pyrrole nitrogens is 1. The first-order valence-electron chi connectivity index (χ1n) is 10.4. The fourth-order valence-electron chi connectivity index (χ4n) is 4.09. The molecule has 1 saturated carbocycles. The highest BCUT2D eigenvalue weighted by atomic mass is 19.1. The molecule has 5 aromatic rings. The van der Waals surface area contributed by atoms with Crippen molar-refractivity contribution in [2.45, 2.75) is 18.9 Å². The van der Waals surface area contributed by atoms with Gasteiger partial charge in [0.1, 0.15) is 28.9 Å². The number of anilines is 1. The number of nitrogens with one attached hydrogen (secondary N) is 2. The average Bonchev–Trinajstić information content (AvgIpc) is 3.53. The zero-order valence-corrected chi connectivity index (χ0v) is 16.9. The van der Waals surface area contributed by atoms with Crippen molar-refractivity contribution in [3.8, 4) is 5.69 Å². The van der Waals surface area contributed by atoms with Crippen molar-refractivity contribution in [3.63, 3.8) is 0 Å². The van der Waals surface area contributed by atoms with Crippen molar-refractivity contribution in [2.24, 2.45) is 5.92 Å². The summed E-state index contributed by atoms with van der Waals surface area (Å²) in [4.78, 5) is 34.2.